The van der Waals surface area contributed by atoms with Gasteiger partial charge in [-0.3, -0.25) is 9.59 Å². The highest BCUT2D eigenvalue weighted by Gasteiger charge is 2.18. The van der Waals surface area contributed by atoms with Crippen molar-refractivity contribution in [1.29, 1.82) is 0 Å². The van der Waals surface area contributed by atoms with Crippen LogP contribution in [0.25, 0.3) is 0 Å². The number of rotatable bonds is 6. The first-order valence-electron chi connectivity index (χ1n) is 8.94. The Bertz CT molecular complexity index is 976. The van der Waals surface area contributed by atoms with E-state index in [2.05, 4.69) is 10.3 Å². The van der Waals surface area contributed by atoms with Gasteiger partial charge in [-0.15, -0.1) is 0 Å². The van der Waals surface area contributed by atoms with Gasteiger partial charge in [0.15, 0.2) is 0 Å². The molecule has 0 aliphatic heterocycles. The Balaban J connectivity index is 1.75. The Morgan fingerprint density at radius 2 is 1.68 bits per heavy atom. The van der Waals surface area contributed by atoms with Gasteiger partial charge in [0.1, 0.15) is 17.2 Å². The van der Waals surface area contributed by atoms with Crippen LogP contribution < -0.4 is 5.32 Å². The van der Waals surface area contributed by atoms with Gasteiger partial charge in [-0.25, -0.2) is 9.37 Å². The van der Waals surface area contributed by atoms with E-state index in [0.29, 0.717) is 18.8 Å². The predicted octanol–water partition coefficient (Wildman–Crippen LogP) is 4.14. The Labute approximate surface area is 162 Å². The summed E-state index contributed by atoms with van der Waals surface area (Å²) >= 11 is 0. The van der Waals surface area contributed by atoms with Crippen molar-refractivity contribution in [2.45, 2.75) is 13.5 Å². The fourth-order valence-corrected chi connectivity index (χ4v) is 2.73. The molecular formula is C22H20FN3O2. The van der Waals surface area contributed by atoms with Crippen LogP contribution in [-0.4, -0.2) is 28.2 Å². The van der Waals surface area contributed by atoms with Gasteiger partial charge in [0.25, 0.3) is 11.8 Å². The number of carbonyl (C=O) groups excluding carboxylic acids is 2. The predicted molar refractivity (Wildman–Crippen MR) is 105 cm³/mol. The largest absolute Gasteiger partial charge is 0.333 e. The molecule has 1 N–H and O–H groups in total. The van der Waals surface area contributed by atoms with E-state index >= 15 is 0 Å². The molecule has 142 valence electrons. The Morgan fingerprint density at radius 3 is 2.39 bits per heavy atom. The molecule has 0 fully saturated rings. The van der Waals surface area contributed by atoms with Gasteiger partial charge in [0, 0.05) is 18.8 Å². The molecule has 28 heavy (non-hydrogen) atoms. The number of benzene rings is 2. The average Bonchev–Trinajstić information content (AvgIpc) is 2.72. The number of pyridine rings is 1. The highest BCUT2D eigenvalue weighted by atomic mass is 19.1. The summed E-state index contributed by atoms with van der Waals surface area (Å²) in [6, 6.07) is 19.9. The molecule has 0 saturated heterocycles. The molecular weight excluding hydrogens is 357 g/mol. The van der Waals surface area contributed by atoms with E-state index in [0.717, 1.165) is 5.56 Å². The van der Waals surface area contributed by atoms with Crippen LogP contribution in [0.4, 0.5) is 10.1 Å². The Kier molecular flexibility index (Phi) is 6.11. The maximum Gasteiger partial charge on any atom is 0.274 e. The van der Waals surface area contributed by atoms with Gasteiger partial charge in [0.2, 0.25) is 0 Å². The standard InChI is InChI=1S/C22H20FN3O2/c1-2-26(15-16-8-4-3-5-9-16)22(28)20-13-7-12-19(25-20)21(27)24-18-11-6-10-17(23)14-18/h3-14H,2,15H2,1H3,(H,24,27). The summed E-state index contributed by atoms with van der Waals surface area (Å²) in [6.07, 6.45) is 0. The fourth-order valence-electron chi connectivity index (χ4n) is 2.73. The molecule has 1 heterocycles. The third kappa shape index (κ3) is 4.79. The van der Waals surface area contributed by atoms with E-state index < -0.39 is 11.7 Å². The zero-order chi connectivity index (χ0) is 19.9. The first-order valence-corrected chi connectivity index (χ1v) is 8.94. The normalized spacial score (nSPS) is 10.4. The summed E-state index contributed by atoms with van der Waals surface area (Å²) in [5, 5.41) is 2.58. The first kappa shape index (κ1) is 19.2. The number of hydrogen-bond acceptors (Lipinski definition) is 3. The van der Waals surface area contributed by atoms with Crippen molar-refractivity contribution in [2.24, 2.45) is 0 Å². The summed E-state index contributed by atoms with van der Waals surface area (Å²) in [6.45, 7) is 2.86. The second-order valence-electron chi connectivity index (χ2n) is 6.18. The van der Waals surface area contributed by atoms with Crippen molar-refractivity contribution in [1.82, 2.24) is 9.88 Å². The molecule has 2 aromatic carbocycles. The SMILES string of the molecule is CCN(Cc1ccccc1)C(=O)c1cccc(C(=O)Nc2cccc(F)c2)n1. The molecule has 1 aromatic heterocycles. The summed E-state index contributed by atoms with van der Waals surface area (Å²) in [5.74, 6) is -1.22. The van der Waals surface area contributed by atoms with Gasteiger partial charge in [0.05, 0.1) is 0 Å². The molecule has 0 unspecified atom stereocenters. The molecule has 0 spiro atoms. The number of anilines is 1. The minimum absolute atomic E-state index is 0.0888. The van der Waals surface area contributed by atoms with Crippen molar-refractivity contribution >= 4 is 17.5 Å². The highest BCUT2D eigenvalue weighted by Crippen LogP contribution is 2.12. The molecule has 0 aliphatic rings. The monoisotopic (exact) mass is 377 g/mol. The summed E-state index contributed by atoms with van der Waals surface area (Å²) in [7, 11) is 0. The minimum Gasteiger partial charge on any atom is -0.333 e. The van der Waals surface area contributed by atoms with Crippen molar-refractivity contribution < 1.29 is 14.0 Å². The van der Waals surface area contributed by atoms with E-state index in [1.54, 1.807) is 23.1 Å². The second-order valence-corrected chi connectivity index (χ2v) is 6.18. The minimum atomic E-state index is -0.508. The maximum atomic E-state index is 13.3. The second kappa shape index (κ2) is 8.90. The van der Waals surface area contributed by atoms with Crippen LogP contribution in [0.15, 0.2) is 72.8 Å². The van der Waals surface area contributed by atoms with Crippen LogP contribution in [0.3, 0.4) is 0 Å². The lowest BCUT2D eigenvalue weighted by atomic mass is 10.2. The number of amides is 2. The molecule has 0 bridgehead atoms. The number of nitrogens with zero attached hydrogens (tertiary/aromatic N) is 2. The molecule has 5 nitrogen and oxygen atoms in total. The van der Waals surface area contributed by atoms with Crippen molar-refractivity contribution in [3.63, 3.8) is 0 Å². The Morgan fingerprint density at radius 1 is 0.964 bits per heavy atom. The molecule has 0 atom stereocenters. The quantitative estimate of drug-likeness (QED) is 0.702. The van der Waals surface area contributed by atoms with Crippen LogP contribution in [0, 0.1) is 5.82 Å². The van der Waals surface area contributed by atoms with Crippen molar-refractivity contribution in [3.05, 3.63) is 95.6 Å². The summed E-state index contributed by atoms with van der Waals surface area (Å²) in [4.78, 5) is 31.1. The number of hydrogen-bond donors (Lipinski definition) is 1. The van der Waals surface area contributed by atoms with Gasteiger partial charge in [-0.05, 0) is 42.8 Å². The van der Waals surface area contributed by atoms with Crippen LogP contribution in [0.5, 0.6) is 0 Å². The van der Waals surface area contributed by atoms with E-state index in [9.17, 15) is 14.0 Å². The lowest BCUT2D eigenvalue weighted by Crippen LogP contribution is -2.31. The van der Waals surface area contributed by atoms with Crippen LogP contribution in [0.1, 0.15) is 33.5 Å². The maximum absolute atomic E-state index is 13.3. The molecule has 0 aliphatic carbocycles. The van der Waals surface area contributed by atoms with E-state index in [1.165, 1.54) is 24.3 Å². The molecule has 3 rings (SSSR count). The van der Waals surface area contributed by atoms with Gasteiger partial charge in [-0.2, -0.15) is 0 Å². The molecule has 2 amide bonds. The molecule has 0 saturated carbocycles. The lowest BCUT2D eigenvalue weighted by Gasteiger charge is -2.20. The highest BCUT2D eigenvalue weighted by molar-refractivity contribution is 6.03. The van der Waals surface area contributed by atoms with Gasteiger partial charge in [-0.1, -0.05) is 42.5 Å². The van der Waals surface area contributed by atoms with Gasteiger partial charge < -0.3 is 10.2 Å². The van der Waals surface area contributed by atoms with E-state index in [-0.39, 0.29) is 17.3 Å². The average molecular weight is 377 g/mol. The topological polar surface area (TPSA) is 62.3 Å². The Hall–Kier alpha value is -3.54. The smallest absolute Gasteiger partial charge is 0.274 e. The third-order valence-corrected chi connectivity index (χ3v) is 4.17. The lowest BCUT2D eigenvalue weighted by molar-refractivity contribution is 0.0746. The fraction of sp³-hybridized carbons (Fsp3) is 0.136. The van der Waals surface area contributed by atoms with Crippen LogP contribution >= 0.6 is 0 Å². The zero-order valence-electron chi connectivity index (χ0n) is 15.4. The summed E-state index contributed by atoms with van der Waals surface area (Å²) < 4.78 is 13.3. The molecule has 3 aromatic rings. The number of nitrogens with one attached hydrogen (secondary N) is 1. The third-order valence-electron chi connectivity index (χ3n) is 4.17. The van der Waals surface area contributed by atoms with Crippen molar-refractivity contribution in [3.8, 4) is 0 Å². The van der Waals surface area contributed by atoms with Gasteiger partial charge >= 0.3 is 0 Å². The first-order chi connectivity index (χ1) is 13.6. The number of carbonyl (C=O) groups is 2. The molecule has 0 radical (unpaired) electrons. The zero-order valence-corrected chi connectivity index (χ0v) is 15.4. The van der Waals surface area contributed by atoms with E-state index in [1.807, 2.05) is 37.3 Å². The summed E-state index contributed by atoms with van der Waals surface area (Å²) in [5.41, 5.74) is 1.61. The van der Waals surface area contributed by atoms with E-state index in [4.69, 9.17) is 0 Å². The molecule has 6 heteroatoms. The number of halogens is 1. The van der Waals surface area contributed by atoms with Crippen LogP contribution in [0.2, 0.25) is 0 Å². The van der Waals surface area contributed by atoms with Crippen LogP contribution in [-0.2, 0) is 6.54 Å². The number of aromatic nitrogens is 1. The van der Waals surface area contributed by atoms with Crippen molar-refractivity contribution in [2.75, 3.05) is 11.9 Å².